The van der Waals surface area contributed by atoms with Crippen molar-refractivity contribution >= 4 is 28.6 Å². The average molecular weight is 406 g/mol. The number of fused-ring (bicyclic) bond motifs is 1. The number of benzene rings is 2. The number of carbonyl (C=O) groups is 2. The van der Waals surface area contributed by atoms with Crippen LogP contribution in [-0.2, 0) is 27.4 Å². The summed E-state index contributed by atoms with van der Waals surface area (Å²) in [5, 5.41) is 11.6. The van der Waals surface area contributed by atoms with Crippen LogP contribution in [0.5, 0.6) is 0 Å². The third-order valence-corrected chi connectivity index (χ3v) is 4.60. The number of para-hydroxylation sites is 3. The number of rotatable bonds is 8. The second-order valence-corrected chi connectivity index (χ2v) is 6.69. The highest BCUT2D eigenvalue weighted by Gasteiger charge is 2.15. The van der Waals surface area contributed by atoms with Crippen LogP contribution in [-0.4, -0.2) is 27.6 Å². The fourth-order valence-electron chi connectivity index (χ4n) is 3.23. The Balaban J connectivity index is 1.59. The van der Waals surface area contributed by atoms with Gasteiger partial charge in [-0.3, -0.25) is 18.7 Å². The SMILES string of the molecule is CCCn1c(=O)n(CCC(=O)OCC(=O)Nc2ccccc2C#N)c2ccccc21. The van der Waals surface area contributed by atoms with E-state index in [-0.39, 0.29) is 18.7 Å². The van der Waals surface area contributed by atoms with Crippen LogP contribution >= 0.6 is 0 Å². The minimum absolute atomic E-state index is 0.0396. The van der Waals surface area contributed by atoms with Crippen molar-refractivity contribution in [2.24, 2.45) is 0 Å². The highest BCUT2D eigenvalue weighted by Crippen LogP contribution is 2.14. The molecule has 0 aliphatic carbocycles. The average Bonchev–Trinajstić information content (AvgIpc) is 3.02. The van der Waals surface area contributed by atoms with Gasteiger partial charge in [0.05, 0.1) is 28.7 Å². The van der Waals surface area contributed by atoms with Gasteiger partial charge in [-0.25, -0.2) is 4.79 Å². The smallest absolute Gasteiger partial charge is 0.329 e. The molecule has 0 saturated heterocycles. The first kappa shape index (κ1) is 20.9. The van der Waals surface area contributed by atoms with E-state index in [1.54, 1.807) is 33.4 Å². The molecule has 3 aromatic rings. The van der Waals surface area contributed by atoms with Crippen LogP contribution in [0.2, 0.25) is 0 Å². The number of aromatic nitrogens is 2. The summed E-state index contributed by atoms with van der Waals surface area (Å²) in [6, 6.07) is 16.0. The normalized spacial score (nSPS) is 10.5. The lowest BCUT2D eigenvalue weighted by molar-refractivity contribution is -0.147. The van der Waals surface area contributed by atoms with E-state index in [0.717, 1.165) is 17.5 Å². The quantitative estimate of drug-likeness (QED) is 0.579. The lowest BCUT2D eigenvalue weighted by Gasteiger charge is -2.08. The molecule has 3 rings (SSSR count). The van der Waals surface area contributed by atoms with E-state index < -0.39 is 18.5 Å². The predicted octanol–water partition coefficient (Wildman–Crippen LogP) is 2.66. The lowest BCUT2D eigenvalue weighted by atomic mass is 10.2. The van der Waals surface area contributed by atoms with Crippen molar-refractivity contribution in [1.29, 1.82) is 5.26 Å². The van der Waals surface area contributed by atoms with E-state index >= 15 is 0 Å². The van der Waals surface area contributed by atoms with E-state index in [1.165, 1.54) is 0 Å². The van der Waals surface area contributed by atoms with Gasteiger partial charge >= 0.3 is 11.7 Å². The molecule has 2 aromatic carbocycles. The van der Waals surface area contributed by atoms with Crippen molar-refractivity contribution in [2.45, 2.75) is 32.9 Å². The molecule has 0 atom stereocenters. The Kier molecular flexibility index (Phi) is 6.65. The topological polar surface area (TPSA) is 106 Å². The number of hydrogen-bond acceptors (Lipinski definition) is 5. The number of esters is 1. The molecule has 1 N–H and O–H groups in total. The van der Waals surface area contributed by atoms with E-state index in [0.29, 0.717) is 17.8 Å². The third-order valence-electron chi connectivity index (χ3n) is 4.60. The fourth-order valence-corrected chi connectivity index (χ4v) is 3.23. The van der Waals surface area contributed by atoms with Crippen molar-refractivity contribution in [3.8, 4) is 6.07 Å². The van der Waals surface area contributed by atoms with Gasteiger partial charge in [-0.15, -0.1) is 0 Å². The maximum absolute atomic E-state index is 12.7. The Morgan fingerprint density at radius 2 is 1.67 bits per heavy atom. The molecule has 0 aliphatic rings. The standard InChI is InChI=1S/C22H22N4O4/c1-2-12-25-18-9-5-6-10-19(18)26(22(25)29)13-11-21(28)30-15-20(27)24-17-8-4-3-7-16(17)14-23/h3-10H,2,11-13,15H2,1H3,(H,24,27). The number of amides is 1. The summed E-state index contributed by atoms with van der Waals surface area (Å²) < 4.78 is 8.27. The van der Waals surface area contributed by atoms with Crippen molar-refractivity contribution in [1.82, 2.24) is 9.13 Å². The molecule has 0 bridgehead atoms. The van der Waals surface area contributed by atoms with Crippen LogP contribution in [0.25, 0.3) is 11.0 Å². The van der Waals surface area contributed by atoms with E-state index in [9.17, 15) is 14.4 Å². The molecule has 1 amide bonds. The molecule has 1 heterocycles. The van der Waals surface area contributed by atoms with E-state index in [2.05, 4.69) is 5.32 Å². The molecule has 0 unspecified atom stereocenters. The number of imidazole rings is 1. The van der Waals surface area contributed by atoms with Gasteiger partial charge in [0.2, 0.25) is 0 Å². The zero-order valence-corrected chi connectivity index (χ0v) is 16.6. The largest absolute Gasteiger partial charge is 0.456 e. The maximum atomic E-state index is 12.7. The summed E-state index contributed by atoms with van der Waals surface area (Å²) in [6.07, 6.45) is 0.780. The van der Waals surface area contributed by atoms with Gasteiger partial charge < -0.3 is 10.1 Å². The summed E-state index contributed by atoms with van der Waals surface area (Å²) in [6.45, 7) is 2.29. The van der Waals surface area contributed by atoms with Crippen molar-refractivity contribution < 1.29 is 14.3 Å². The van der Waals surface area contributed by atoms with Gasteiger partial charge in [0.15, 0.2) is 6.61 Å². The minimum atomic E-state index is -0.585. The first-order chi connectivity index (χ1) is 14.5. The van der Waals surface area contributed by atoms with Crippen molar-refractivity contribution in [3.05, 3.63) is 64.6 Å². The summed E-state index contributed by atoms with van der Waals surface area (Å²) in [5.41, 5.74) is 2.09. The summed E-state index contributed by atoms with van der Waals surface area (Å²) >= 11 is 0. The molecule has 1 aromatic heterocycles. The third kappa shape index (κ3) is 4.58. The first-order valence-corrected chi connectivity index (χ1v) is 9.67. The molecule has 8 nitrogen and oxygen atoms in total. The van der Waals surface area contributed by atoms with Gasteiger partial charge in [-0.05, 0) is 30.7 Å². The number of hydrogen-bond donors (Lipinski definition) is 1. The van der Waals surface area contributed by atoms with Gasteiger partial charge in [0.25, 0.3) is 5.91 Å². The Bertz CT molecular complexity index is 1170. The van der Waals surface area contributed by atoms with Crippen molar-refractivity contribution in [3.63, 3.8) is 0 Å². The summed E-state index contributed by atoms with van der Waals surface area (Å²) in [7, 11) is 0. The molecule has 0 spiro atoms. The number of nitrogens with one attached hydrogen (secondary N) is 1. The second kappa shape index (κ2) is 9.56. The van der Waals surface area contributed by atoms with Crippen LogP contribution in [0.4, 0.5) is 5.69 Å². The van der Waals surface area contributed by atoms with Crippen LogP contribution in [0.3, 0.4) is 0 Å². The molecule has 0 saturated carbocycles. The zero-order valence-electron chi connectivity index (χ0n) is 16.6. The molecule has 0 aliphatic heterocycles. The van der Waals surface area contributed by atoms with Crippen LogP contribution in [0.1, 0.15) is 25.3 Å². The molecule has 0 fully saturated rings. The van der Waals surface area contributed by atoms with Gasteiger partial charge in [0.1, 0.15) is 6.07 Å². The van der Waals surface area contributed by atoms with Gasteiger partial charge in [0, 0.05) is 13.1 Å². The first-order valence-electron chi connectivity index (χ1n) is 9.67. The second-order valence-electron chi connectivity index (χ2n) is 6.69. The zero-order chi connectivity index (χ0) is 21.5. The van der Waals surface area contributed by atoms with E-state index in [1.807, 2.05) is 37.3 Å². The van der Waals surface area contributed by atoms with Gasteiger partial charge in [-0.2, -0.15) is 5.26 Å². The number of anilines is 1. The molecular weight excluding hydrogens is 384 g/mol. The highest BCUT2D eigenvalue weighted by molar-refractivity contribution is 5.94. The number of nitrogens with zero attached hydrogens (tertiary/aromatic N) is 3. The minimum Gasteiger partial charge on any atom is -0.456 e. The lowest BCUT2D eigenvalue weighted by Crippen LogP contribution is -2.26. The molecular formula is C22H22N4O4. The Labute approximate surface area is 173 Å². The molecule has 0 radical (unpaired) electrons. The van der Waals surface area contributed by atoms with E-state index in [4.69, 9.17) is 10.00 Å². The number of carbonyl (C=O) groups excluding carboxylic acids is 2. The molecule has 154 valence electrons. The fraction of sp³-hybridized carbons (Fsp3) is 0.273. The maximum Gasteiger partial charge on any atom is 0.329 e. The molecule has 8 heteroatoms. The Hall–Kier alpha value is -3.86. The Morgan fingerprint density at radius 1 is 1.03 bits per heavy atom. The van der Waals surface area contributed by atoms with Crippen LogP contribution in [0.15, 0.2) is 53.3 Å². The van der Waals surface area contributed by atoms with Crippen LogP contribution < -0.4 is 11.0 Å². The van der Waals surface area contributed by atoms with Crippen LogP contribution in [0, 0.1) is 11.3 Å². The highest BCUT2D eigenvalue weighted by atomic mass is 16.5. The predicted molar refractivity (Wildman–Crippen MR) is 112 cm³/mol. The number of nitriles is 1. The van der Waals surface area contributed by atoms with Crippen molar-refractivity contribution in [2.75, 3.05) is 11.9 Å². The number of aryl methyl sites for hydroxylation is 2. The van der Waals surface area contributed by atoms with Gasteiger partial charge in [-0.1, -0.05) is 31.2 Å². The molecule has 30 heavy (non-hydrogen) atoms. The Morgan fingerprint density at radius 3 is 2.33 bits per heavy atom. The summed E-state index contributed by atoms with van der Waals surface area (Å²) in [5.74, 6) is -1.12. The monoisotopic (exact) mass is 406 g/mol. The number of ether oxygens (including phenoxy) is 1. The summed E-state index contributed by atoms with van der Waals surface area (Å²) in [4.78, 5) is 36.8.